The molecule has 1 aliphatic rings. The normalized spacial score (nSPS) is 23.3. The van der Waals surface area contributed by atoms with Crippen LogP contribution in [0.15, 0.2) is 42.5 Å². The zero-order valence-electron chi connectivity index (χ0n) is 12.8. The molecule has 128 valence electrons. The number of phosphoric acid groups is 1. The lowest BCUT2D eigenvalue weighted by molar-refractivity contribution is 0.125. The number of rotatable bonds is 2. The third kappa shape index (κ3) is 3.54. The summed E-state index contributed by atoms with van der Waals surface area (Å²) in [4.78, 5) is 0. The number of fused-ring (bicyclic) bond motifs is 1. The van der Waals surface area contributed by atoms with Gasteiger partial charge in [-0.15, -0.1) is 0 Å². The van der Waals surface area contributed by atoms with Crippen LogP contribution in [0.1, 0.15) is 22.8 Å². The number of halogens is 3. The number of benzene rings is 2. The quantitative estimate of drug-likeness (QED) is 0.432. The van der Waals surface area contributed by atoms with Crippen LogP contribution in [0.25, 0.3) is 0 Å². The smallest absolute Gasteiger partial charge is 0.395 e. The van der Waals surface area contributed by atoms with Gasteiger partial charge in [-0.3, -0.25) is 4.52 Å². The summed E-state index contributed by atoms with van der Waals surface area (Å²) < 4.78 is 27.9. The molecule has 2 unspecified atom stereocenters. The number of para-hydroxylation sites is 2. The molecule has 1 heterocycles. The minimum atomic E-state index is -4.03. The van der Waals surface area contributed by atoms with Crippen molar-refractivity contribution in [3.8, 4) is 11.5 Å². The summed E-state index contributed by atoms with van der Waals surface area (Å²) >= 11 is 18.1. The van der Waals surface area contributed by atoms with Crippen molar-refractivity contribution in [2.75, 3.05) is 0 Å². The zero-order chi connectivity index (χ0) is 17.5. The molecule has 4 nitrogen and oxygen atoms in total. The van der Waals surface area contributed by atoms with Gasteiger partial charge in [-0.05, 0) is 31.0 Å². The van der Waals surface area contributed by atoms with Crippen molar-refractivity contribution in [2.24, 2.45) is 0 Å². The van der Waals surface area contributed by atoms with Crippen molar-refractivity contribution in [1.29, 1.82) is 0 Å². The maximum absolute atomic E-state index is 13.1. The molecule has 1 aliphatic heterocycles. The van der Waals surface area contributed by atoms with Crippen LogP contribution in [0, 0.1) is 13.8 Å². The monoisotopic (exact) mass is 406 g/mol. The lowest BCUT2D eigenvalue weighted by Crippen LogP contribution is -2.26. The fourth-order valence-electron chi connectivity index (χ4n) is 2.38. The summed E-state index contributed by atoms with van der Waals surface area (Å²) in [5.41, 5.74) is 2.03. The van der Waals surface area contributed by atoms with E-state index in [9.17, 15) is 4.57 Å². The largest absolute Gasteiger partial charge is 0.588 e. The predicted octanol–water partition coefficient (Wildman–Crippen LogP) is 6.31. The molecule has 2 aromatic rings. The number of hydrogen-bond donors (Lipinski definition) is 0. The standard InChI is InChI=1S/C16H14Cl3O4P/c1-10-6-3-4-9-13(10)21-24(20)22-14-11(2)7-5-8-12(14)15(23-24)16(17,18)19/h3-9,15H,1-2H3. The molecule has 2 aromatic carbocycles. The van der Waals surface area contributed by atoms with Gasteiger partial charge in [0, 0.05) is 5.56 Å². The summed E-state index contributed by atoms with van der Waals surface area (Å²) in [5, 5.41) is 0. The zero-order valence-corrected chi connectivity index (χ0v) is 16.0. The van der Waals surface area contributed by atoms with Crippen molar-refractivity contribution in [3.63, 3.8) is 0 Å². The Morgan fingerprint density at radius 2 is 1.71 bits per heavy atom. The van der Waals surface area contributed by atoms with E-state index in [0.717, 1.165) is 11.1 Å². The third-order valence-electron chi connectivity index (χ3n) is 3.56. The molecule has 3 rings (SSSR count). The second kappa shape index (κ2) is 6.44. The fraction of sp³-hybridized carbons (Fsp3) is 0.250. The minimum Gasteiger partial charge on any atom is -0.395 e. The molecule has 0 aliphatic carbocycles. The first-order valence-corrected chi connectivity index (χ1v) is 9.68. The molecular weight excluding hydrogens is 394 g/mol. The molecule has 0 spiro atoms. The Morgan fingerprint density at radius 1 is 1.04 bits per heavy atom. The topological polar surface area (TPSA) is 44.8 Å². The number of alkyl halides is 3. The summed E-state index contributed by atoms with van der Waals surface area (Å²) in [7, 11) is -4.03. The van der Waals surface area contributed by atoms with E-state index < -0.39 is 17.7 Å². The Labute approximate surface area is 155 Å². The average Bonchev–Trinajstić information content (AvgIpc) is 2.49. The van der Waals surface area contributed by atoms with Gasteiger partial charge >= 0.3 is 7.82 Å². The molecule has 0 radical (unpaired) electrons. The van der Waals surface area contributed by atoms with Crippen LogP contribution >= 0.6 is 42.6 Å². The van der Waals surface area contributed by atoms with E-state index >= 15 is 0 Å². The Morgan fingerprint density at radius 3 is 2.38 bits per heavy atom. The minimum absolute atomic E-state index is 0.344. The van der Waals surface area contributed by atoms with Gasteiger partial charge < -0.3 is 9.05 Å². The second-order valence-corrected chi connectivity index (χ2v) is 9.25. The molecule has 24 heavy (non-hydrogen) atoms. The SMILES string of the molecule is Cc1ccccc1OP1(=O)Oc2c(C)cccc2C(C(Cl)(Cl)Cl)O1. The van der Waals surface area contributed by atoms with Crippen molar-refractivity contribution in [2.45, 2.75) is 23.7 Å². The van der Waals surface area contributed by atoms with E-state index in [1.165, 1.54) is 0 Å². The van der Waals surface area contributed by atoms with Crippen molar-refractivity contribution in [3.05, 3.63) is 59.2 Å². The Bertz CT molecular complexity index is 819. The van der Waals surface area contributed by atoms with Crippen LogP contribution in [0.3, 0.4) is 0 Å². The summed E-state index contributed by atoms with van der Waals surface area (Å²) in [6.07, 6.45) is -1.08. The van der Waals surface area contributed by atoms with Crippen LogP contribution in [-0.2, 0) is 9.09 Å². The van der Waals surface area contributed by atoms with Gasteiger partial charge in [0.25, 0.3) is 0 Å². The highest BCUT2D eigenvalue weighted by atomic mass is 35.6. The molecule has 0 saturated carbocycles. The first kappa shape index (κ1) is 17.9. The lowest BCUT2D eigenvalue weighted by atomic mass is 10.1. The van der Waals surface area contributed by atoms with Crippen molar-refractivity contribution >= 4 is 42.6 Å². The van der Waals surface area contributed by atoms with Gasteiger partial charge in [-0.1, -0.05) is 71.2 Å². The molecule has 0 fully saturated rings. The van der Waals surface area contributed by atoms with Gasteiger partial charge in [-0.2, -0.15) is 0 Å². The maximum Gasteiger partial charge on any atom is 0.588 e. The van der Waals surface area contributed by atoms with Gasteiger partial charge in [0.2, 0.25) is 3.79 Å². The highest BCUT2D eigenvalue weighted by Gasteiger charge is 2.49. The van der Waals surface area contributed by atoms with Gasteiger partial charge in [0.15, 0.2) is 0 Å². The predicted molar refractivity (Wildman–Crippen MR) is 95.3 cm³/mol. The van der Waals surface area contributed by atoms with E-state index in [1.54, 1.807) is 37.3 Å². The molecule has 2 atom stereocenters. The van der Waals surface area contributed by atoms with Crippen molar-refractivity contribution < 1.29 is 18.1 Å². The summed E-state index contributed by atoms with van der Waals surface area (Å²) in [6.45, 7) is 3.62. The second-order valence-electron chi connectivity index (χ2n) is 5.42. The Kier molecular flexibility index (Phi) is 4.80. The van der Waals surface area contributed by atoms with E-state index in [0.29, 0.717) is 17.1 Å². The molecule has 0 N–H and O–H groups in total. The number of aryl methyl sites for hydroxylation is 2. The fourth-order valence-corrected chi connectivity index (χ4v) is 4.63. The first-order valence-electron chi connectivity index (χ1n) is 7.09. The van der Waals surface area contributed by atoms with E-state index in [4.69, 9.17) is 48.4 Å². The van der Waals surface area contributed by atoms with Crippen molar-refractivity contribution in [1.82, 2.24) is 0 Å². The van der Waals surface area contributed by atoms with Crippen LogP contribution in [0.5, 0.6) is 11.5 Å². The highest BCUT2D eigenvalue weighted by Crippen LogP contribution is 2.63. The molecule has 0 saturated heterocycles. The summed E-state index contributed by atoms with van der Waals surface area (Å²) in [6, 6.07) is 12.4. The molecular formula is C16H14Cl3O4P. The van der Waals surface area contributed by atoms with Crippen LogP contribution in [-0.4, -0.2) is 3.79 Å². The van der Waals surface area contributed by atoms with E-state index in [-0.39, 0.29) is 0 Å². The highest BCUT2D eigenvalue weighted by molar-refractivity contribution is 7.49. The third-order valence-corrected chi connectivity index (χ3v) is 5.45. The van der Waals surface area contributed by atoms with E-state index in [1.807, 2.05) is 19.1 Å². The van der Waals surface area contributed by atoms with Gasteiger partial charge in [-0.25, -0.2) is 4.57 Å². The Hall–Kier alpha value is -0.900. The molecule has 0 aromatic heterocycles. The average molecular weight is 408 g/mol. The maximum atomic E-state index is 13.1. The lowest BCUT2D eigenvalue weighted by Gasteiger charge is -2.34. The van der Waals surface area contributed by atoms with Gasteiger partial charge in [0.1, 0.15) is 17.6 Å². The number of hydrogen-bond acceptors (Lipinski definition) is 4. The van der Waals surface area contributed by atoms with Gasteiger partial charge in [0.05, 0.1) is 0 Å². The molecule has 0 amide bonds. The van der Waals surface area contributed by atoms with Crippen LogP contribution < -0.4 is 9.05 Å². The summed E-state index contributed by atoms with van der Waals surface area (Å²) in [5.74, 6) is 0.720. The molecule has 8 heteroatoms. The van der Waals surface area contributed by atoms with Crippen LogP contribution in [0.2, 0.25) is 0 Å². The van der Waals surface area contributed by atoms with Crippen LogP contribution in [0.4, 0.5) is 0 Å². The first-order chi connectivity index (χ1) is 11.2. The van der Waals surface area contributed by atoms with E-state index in [2.05, 4.69) is 0 Å². The number of phosphoric ester groups is 1. The molecule has 0 bridgehead atoms. The Balaban J connectivity index is 2.04.